The second kappa shape index (κ2) is 5.69. The Morgan fingerprint density at radius 2 is 1.93 bits per heavy atom. The SMILES string of the molecule is CC(O)C(C)OC(CN)C1CCCC1. The number of aliphatic hydroxyl groups is 1. The molecule has 0 aliphatic heterocycles. The summed E-state index contributed by atoms with van der Waals surface area (Å²) in [5.74, 6) is 0.612. The van der Waals surface area contributed by atoms with Crippen LogP contribution in [0, 0.1) is 5.92 Å². The third kappa shape index (κ3) is 3.23. The molecule has 0 heterocycles. The molecule has 0 aromatic carbocycles. The summed E-state index contributed by atoms with van der Waals surface area (Å²) in [4.78, 5) is 0. The highest BCUT2D eigenvalue weighted by molar-refractivity contribution is 4.78. The average Bonchev–Trinajstić information content (AvgIpc) is 2.66. The van der Waals surface area contributed by atoms with Crippen LogP contribution in [-0.4, -0.2) is 30.0 Å². The zero-order chi connectivity index (χ0) is 10.6. The number of aliphatic hydroxyl groups excluding tert-OH is 1. The maximum Gasteiger partial charge on any atom is 0.0807 e. The van der Waals surface area contributed by atoms with Gasteiger partial charge < -0.3 is 15.6 Å². The lowest BCUT2D eigenvalue weighted by Gasteiger charge is -2.27. The Hall–Kier alpha value is -0.120. The van der Waals surface area contributed by atoms with E-state index in [1.165, 1.54) is 25.7 Å². The molecule has 3 nitrogen and oxygen atoms in total. The van der Waals surface area contributed by atoms with E-state index >= 15 is 0 Å². The molecular formula is C11H23NO2. The minimum Gasteiger partial charge on any atom is -0.391 e. The molecule has 1 aliphatic carbocycles. The quantitative estimate of drug-likeness (QED) is 0.704. The Morgan fingerprint density at radius 3 is 2.36 bits per heavy atom. The summed E-state index contributed by atoms with van der Waals surface area (Å²) in [6.45, 7) is 4.23. The topological polar surface area (TPSA) is 55.5 Å². The molecule has 14 heavy (non-hydrogen) atoms. The highest BCUT2D eigenvalue weighted by Gasteiger charge is 2.26. The van der Waals surface area contributed by atoms with E-state index in [0.29, 0.717) is 12.5 Å². The summed E-state index contributed by atoms with van der Waals surface area (Å²) in [7, 11) is 0. The fourth-order valence-electron chi connectivity index (χ4n) is 2.08. The predicted octanol–water partition coefficient (Wildman–Crippen LogP) is 1.29. The van der Waals surface area contributed by atoms with E-state index < -0.39 is 6.10 Å². The maximum atomic E-state index is 9.34. The molecule has 1 fully saturated rings. The molecule has 1 rings (SSSR count). The van der Waals surface area contributed by atoms with E-state index in [1.54, 1.807) is 6.92 Å². The van der Waals surface area contributed by atoms with Crippen molar-refractivity contribution in [2.45, 2.75) is 57.8 Å². The van der Waals surface area contributed by atoms with Crippen molar-refractivity contribution in [1.82, 2.24) is 0 Å². The first kappa shape index (κ1) is 12.0. The molecule has 3 heteroatoms. The zero-order valence-electron chi connectivity index (χ0n) is 9.28. The van der Waals surface area contributed by atoms with Crippen molar-refractivity contribution in [3.8, 4) is 0 Å². The number of hydrogen-bond donors (Lipinski definition) is 2. The number of ether oxygens (including phenoxy) is 1. The molecular weight excluding hydrogens is 178 g/mol. The van der Waals surface area contributed by atoms with Gasteiger partial charge in [0.2, 0.25) is 0 Å². The molecule has 0 radical (unpaired) electrons. The van der Waals surface area contributed by atoms with Crippen molar-refractivity contribution in [2.75, 3.05) is 6.54 Å². The molecule has 1 saturated carbocycles. The third-order valence-electron chi connectivity index (χ3n) is 3.23. The Kier molecular flexibility index (Phi) is 4.85. The molecule has 84 valence electrons. The van der Waals surface area contributed by atoms with Gasteiger partial charge in [-0.3, -0.25) is 0 Å². The second-order valence-corrected chi connectivity index (χ2v) is 4.40. The fraction of sp³-hybridized carbons (Fsp3) is 1.00. The average molecular weight is 201 g/mol. The van der Waals surface area contributed by atoms with Crippen molar-refractivity contribution in [1.29, 1.82) is 0 Å². The van der Waals surface area contributed by atoms with Gasteiger partial charge in [-0.05, 0) is 32.6 Å². The fourth-order valence-corrected chi connectivity index (χ4v) is 2.08. The predicted molar refractivity (Wildman–Crippen MR) is 57.0 cm³/mol. The highest BCUT2D eigenvalue weighted by Crippen LogP contribution is 2.29. The normalized spacial score (nSPS) is 24.9. The minimum absolute atomic E-state index is 0.107. The lowest BCUT2D eigenvalue weighted by molar-refractivity contribution is -0.0771. The first-order chi connectivity index (χ1) is 6.65. The van der Waals surface area contributed by atoms with Gasteiger partial charge in [-0.25, -0.2) is 0 Å². The largest absolute Gasteiger partial charge is 0.391 e. The van der Waals surface area contributed by atoms with Crippen molar-refractivity contribution in [3.63, 3.8) is 0 Å². The second-order valence-electron chi connectivity index (χ2n) is 4.40. The van der Waals surface area contributed by atoms with E-state index in [0.717, 1.165) is 0 Å². The Balaban J connectivity index is 2.37. The van der Waals surface area contributed by atoms with Gasteiger partial charge in [0.25, 0.3) is 0 Å². The summed E-state index contributed by atoms with van der Waals surface area (Å²) in [6, 6.07) is 0. The van der Waals surface area contributed by atoms with Crippen LogP contribution >= 0.6 is 0 Å². The van der Waals surface area contributed by atoms with Crippen LogP contribution in [0.5, 0.6) is 0 Å². The van der Waals surface area contributed by atoms with E-state index in [9.17, 15) is 5.11 Å². The third-order valence-corrected chi connectivity index (χ3v) is 3.23. The van der Waals surface area contributed by atoms with Crippen LogP contribution in [0.1, 0.15) is 39.5 Å². The number of hydrogen-bond acceptors (Lipinski definition) is 3. The van der Waals surface area contributed by atoms with Gasteiger partial charge in [-0.15, -0.1) is 0 Å². The van der Waals surface area contributed by atoms with Crippen molar-refractivity contribution >= 4 is 0 Å². The first-order valence-electron chi connectivity index (χ1n) is 5.68. The monoisotopic (exact) mass is 201 g/mol. The summed E-state index contributed by atoms with van der Waals surface area (Å²) in [5.41, 5.74) is 5.69. The van der Waals surface area contributed by atoms with Gasteiger partial charge in [-0.2, -0.15) is 0 Å². The molecule has 0 spiro atoms. The molecule has 1 aliphatic rings. The highest BCUT2D eigenvalue weighted by atomic mass is 16.5. The molecule has 3 N–H and O–H groups in total. The molecule has 0 aromatic rings. The minimum atomic E-state index is -0.412. The first-order valence-corrected chi connectivity index (χ1v) is 5.68. The van der Waals surface area contributed by atoms with Crippen LogP contribution in [0.25, 0.3) is 0 Å². The molecule has 3 atom stereocenters. The summed E-state index contributed by atoms with van der Waals surface area (Å²) >= 11 is 0. The lowest BCUT2D eigenvalue weighted by atomic mass is 10.0. The summed E-state index contributed by atoms with van der Waals surface area (Å²) in [5, 5.41) is 9.34. The number of nitrogens with two attached hydrogens (primary N) is 1. The maximum absolute atomic E-state index is 9.34. The van der Waals surface area contributed by atoms with Gasteiger partial charge in [-0.1, -0.05) is 12.8 Å². The van der Waals surface area contributed by atoms with Gasteiger partial charge in [0.15, 0.2) is 0 Å². The van der Waals surface area contributed by atoms with Crippen molar-refractivity contribution in [2.24, 2.45) is 11.7 Å². The van der Waals surface area contributed by atoms with Crippen molar-refractivity contribution < 1.29 is 9.84 Å². The Labute approximate surface area is 86.6 Å². The lowest BCUT2D eigenvalue weighted by Crippen LogP contribution is -2.37. The van der Waals surface area contributed by atoms with Crippen LogP contribution in [0.3, 0.4) is 0 Å². The zero-order valence-corrected chi connectivity index (χ0v) is 9.28. The van der Waals surface area contributed by atoms with Crippen LogP contribution in [0.2, 0.25) is 0 Å². The Bertz CT molecular complexity index is 155. The van der Waals surface area contributed by atoms with Gasteiger partial charge in [0.05, 0.1) is 18.3 Å². The van der Waals surface area contributed by atoms with E-state index in [2.05, 4.69) is 0 Å². The van der Waals surface area contributed by atoms with Crippen LogP contribution in [-0.2, 0) is 4.74 Å². The number of rotatable bonds is 5. The van der Waals surface area contributed by atoms with Crippen molar-refractivity contribution in [3.05, 3.63) is 0 Å². The van der Waals surface area contributed by atoms with Crippen LogP contribution in [0.4, 0.5) is 0 Å². The smallest absolute Gasteiger partial charge is 0.0807 e. The van der Waals surface area contributed by atoms with Gasteiger partial charge in [0.1, 0.15) is 0 Å². The van der Waals surface area contributed by atoms with Crippen LogP contribution < -0.4 is 5.73 Å². The van der Waals surface area contributed by atoms with Gasteiger partial charge >= 0.3 is 0 Å². The summed E-state index contributed by atoms with van der Waals surface area (Å²) in [6.07, 6.45) is 4.68. The molecule has 0 amide bonds. The molecule has 3 unspecified atom stereocenters. The van der Waals surface area contributed by atoms with Gasteiger partial charge in [0, 0.05) is 6.54 Å². The van der Waals surface area contributed by atoms with Crippen LogP contribution in [0.15, 0.2) is 0 Å². The molecule has 0 aromatic heterocycles. The van der Waals surface area contributed by atoms with E-state index in [4.69, 9.17) is 10.5 Å². The summed E-state index contributed by atoms with van der Waals surface area (Å²) < 4.78 is 5.77. The molecule has 0 bridgehead atoms. The van der Waals surface area contributed by atoms with E-state index in [-0.39, 0.29) is 12.2 Å². The standard InChI is InChI=1S/C11H23NO2/c1-8(13)9(2)14-11(7-12)10-5-3-4-6-10/h8-11,13H,3-7,12H2,1-2H3. The van der Waals surface area contributed by atoms with E-state index in [1.807, 2.05) is 6.92 Å². The molecule has 0 saturated heterocycles. The Morgan fingerprint density at radius 1 is 1.36 bits per heavy atom.